The minimum absolute atomic E-state index is 0.253. The molecule has 0 aromatic carbocycles. The lowest BCUT2D eigenvalue weighted by molar-refractivity contribution is 0.0708. The van der Waals surface area contributed by atoms with Gasteiger partial charge in [-0.05, 0) is 19.8 Å². The van der Waals surface area contributed by atoms with Crippen molar-refractivity contribution in [2.45, 2.75) is 32.2 Å². The van der Waals surface area contributed by atoms with Crippen molar-refractivity contribution < 1.29 is 13.9 Å². The van der Waals surface area contributed by atoms with Crippen molar-refractivity contribution in [3.8, 4) is 0 Å². The molecule has 0 bridgehead atoms. The van der Waals surface area contributed by atoms with E-state index in [2.05, 4.69) is 4.98 Å². The fourth-order valence-corrected chi connectivity index (χ4v) is 2.37. The monoisotopic (exact) mass is 274 g/mol. The molecule has 1 aromatic heterocycles. The molecular weight excluding hydrogens is 258 g/mol. The summed E-state index contributed by atoms with van der Waals surface area (Å²) in [5.41, 5.74) is -0.559. The van der Waals surface area contributed by atoms with Crippen LogP contribution >= 0.6 is 0 Å². The summed E-state index contributed by atoms with van der Waals surface area (Å²) in [7, 11) is 0. The summed E-state index contributed by atoms with van der Waals surface area (Å²) in [6.45, 7) is 1.35. The Morgan fingerprint density at radius 3 is 2.68 bits per heavy atom. The van der Waals surface area contributed by atoms with Crippen molar-refractivity contribution in [1.82, 2.24) is 9.55 Å². The summed E-state index contributed by atoms with van der Waals surface area (Å²) in [6, 6.07) is 0. The van der Waals surface area contributed by atoms with Crippen LogP contribution in [0.2, 0.25) is 0 Å². The molecule has 2 atom stereocenters. The Morgan fingerprint density at radius 1 is 1.42 bits per heavy atom. The number of alkyl halides is 2. The van der Waals surface area contributed by atoms with E-state index in [0.29, 0.717) is 12.0 Å². The van der Waals surface area contributed by atoms with Gasteiger partial charge in [0.05, 0.1) is 12.5 Å². The maximum atomic E-state index is 13.1. The summed E-state index contributed by atoms with van der Waals surface area (Å²) in [4.78, 5) is 24.8. The average Bonchev–Trinajstić information content (AvgIpc) is 2.86. The van der Waals surface area contributed by atoms with E-state index in [-0.39, 0.29) is 13.0 Å². The zero-order chi connectivity index (χ0) is 14.2. The van der Waals surface area contributed by atoms with Crippen LogP contribution in [0.1, 0.15) is 18.4 Å². The zero-order valence-electron chi connectivity index (χ0n) is 10.5. The number of nitrogens with one attached hydrogen (secondary N) is 1. The predicted molar refractivity (Wildman–Crippen MR) is 64.3 cm³/mol. The van der Waals surface area contributed by atoms with Crippen molar-refractivity contribution in [2.24, 2.45) is 11.8 Å². The summed E-state index contributed by atoms with van der Waals surface area (Å²) in [5, 5.41) is 8.76. The highest BCUT2D eigenvalue weighted by molar-refractivity contribution is 5.05. The first-order valence-electron chi connectivity index (χ1n) is 6.17. The molecule has 1 aliphatic rings. The molecule has 19 heavy (non-hydrogen) atoms. The predicted octanol–water partition coefficient (Wildman–Crippen LogP) is 0.499. The minimum Gasteiger partial charge on any atom is -0.396 e. The molecule has 5 nitrogen and oxygen atoms in total. The van der Waals surface area contributed by atoms with Crippen LogP contribution in [0.25, 0.3) is 0 Å². The summed E-state index contributed by atoms with van der Waals surface area (Å²) in [6.07, 6.45) is 2.08. The maximum absolute atomic E-state index is 13.1. The van der Waals surface area contributed by atoms with Crippen LogP contribution in [0.4, 0.5) is 8.78 Å². The fraction of sp³-hybridized carbons (Fsp3) is 0.667. The van der Waals surface area contributed by atoms with Gasteiger partial charge in [-0.15, -0.1) is 0 Å². The van der Waals surface area contributed by atoms with E-state index < -0.39 is 35.6 Å². The fourth-order valence-electron chi connectivity index (χ4n) is 2.37. The number of hydrogen-bond acceptors (Lipinski definition) is 3. The third-order valence-electron chi connectivity index (χ3n) is 3.67. The Hall–Kier alpha value is -1.50. The first kappa shape index (κ1) is 13.9. The average molecular weight is 274 g/mol. The van der Waals surface area contributed by atoms with E-state index in [1.54, 1.807) is 6.92 Å². The molecule has 0 aliphatic heterocycles. The van der Waals surface area contributed by atoms with Crippen molar-refractivity contribution in [3.05, 3.63) is 32.6 Å². The molecule has 0 radical (unpaired) electrons. The molecular formula is C12H16F2N2O3. The van der Waals surface area contributed by atoms with Crippen LogP contribution in [0.5, 0.6) is 0 Å². The van der Waals surface area contributed by atoms with Crippen molar-refractivity contribution in [3.63, 3.8) is 0 Å². The molecule has 2 unspecified atom stereocenters. The number of rotatable bonds is 5. The number of H-pyrrole nitrogens is 1. The number of halogens is 2. The minimum atomic E-state index is -2.78. The SMILES string of the molecule is Cc1cn(CCCC2C(CO)C2(F)F)c(=O)[nH]c1=O. The number of aliphatic hydroxyl groups excluding tert-OH is 1. The van der Waals surface area contributed by atoms with Gasteiger partial charge in [0.2, 0.25) is 0 Å². The van der Waals surface area contributed by atoms with Gasteiger partial charge in [-0.3, -0.25) is 9.78 Å². The second kappa shape index (κ2) is 4.88. The standard InChI is InChI=1S/C12H16F2N2O3/c1-7-5-16(11(19)15-10(7)18)4-2-3-8-9(6-17)12(8,13)14/h5,8-9,17H,2-4,6H2,1H3,(H,15,18,19). The second-order valence-corrected chi connectivity index (χ2v) is 4.98. The Balaban J connectivity index is 1.93. The summed E-state index contributed by atoms with van der Waals surface area (Å²) < 4.78 is 27.5. The Labute approximate surface area is 107 Å². The topological polar surface area (TPSA) is 75.1 Å². The normalized spacial score (nSPS) is 24.4. The lowest BCUT2D eigenvalue weighted by Crippen LogP contribution is -2.30. The molecule has 0 saturated heterocycles. The van der Waals surface area contributed by atoms with E-state index in [1.807, 2.05) is 0 Å². The lowest BCUT2D eigenvalue weighted by atomic mass is 10.2. The van der Waals surface area contributed by atoms with Gasteiger partial charge in [0.25, 0.3) is 11.5 Å². The van der Waals surface area contributed by atoms with E-state index in [1.165, 1.54) is 10.8 Å². The lowest BCUT2D eigenvalue weighted by Gasteiger charge is -2.05. The second-order valence-electron chi connectivity index (χ2n) is 4.98. The summed E-state index contributed by atoms with van der Waals surface area (Å²) in [5.74, 6) is -4.51. The number of aromatic nitrogens is 2. The van der Waals surface area contributed by atoms with Crippen LogP contribution < -0.4 is 11.2 Å². The van der Waals surface area contributed by atoms with Crippen molar-refractivity contribution in [1.29, 1.82) is 0 Å². The molecule has 1 saturated carbocycles. The van der Waals surface area contributed by atoms with Crippen LogP contribution in [-0.2, 0) is 6.54 Å². The number of aryl methyl sites for hydroxylation is 2. The summed E-state index contributed by atoms with van der Waals surface area (Å²) >= 11 is 0. The van der Waals surface area contributed by atoms with Gasteiger partial charge >= 0.3 is 5.69 Å². The van der Waals surface area contributed by atoms with Gasteiger partial charge in [-0.25, -0.2) is 13.6 Å². The van der Waals surface area contributed by atoms with E-state index in [9.17, 15) is 18.4 Å². The first-order valence-corrected chi connectivity index (χ1v) is 6.17. The van der Waals surface area contributed by atoms with Gasteiger partial charge in [0.15, 0.2) is 0 Å². The number of nitrogens with zero attached hydrogens (tertiary/aromatic N) is 1. The molecule has 1 heterocycles. The molecule has 7 heteroatoms. The van der Waals surface area contributed by atoms with E-state index >= 15 is 0 Å². The van der Waals surface area contributed by atoms with Crippen molar-refractivity contribution >= 4 is 0 Å². The number of aromatic amines is 1. The van der Waals surface area contributed by atoms with Gasteiger partial charge < -0.3 is 9.67 Å². The van der Waals surface area contributed by atoms with Gasteiger partial charge in [-0.1, -0.05) is 0 Å². The third kappa shape index (κ3) is 2.60. The molecule has 106 valence electrons. The molecule has 2 rings (SSSR count). The Kier molecular flexibility index (Phi) is 3.58. The maximum Gasteiger partial charge on any atom is 0.328 e. The Morgan fingerprint density at radius 2 is 2.11 bits per heavy atom. The zero-order valence-corrected chi connectivity index (χ0v) is 10.5. The van der Waals surface area contributed by atoms with E-state index in [0.717, 1.165) is 0 Å². The smallest absolute Gasteiger partial charge is 0.328 e. The highest BCUT2D eigenvalue weighted by Crippen LogP contribution is 2.57. The molecule has 1 fully saturated rings. The molecule has 1 aromatic rings. The van der Waals surface area contributed by atoms with Crippen LogP contribution in [0.15, 0.2) is 15.8 Å². The quantitative estimate of drug-likeness (QED) is 0.821. The van der Waals surface area contributed by atoms with Crippen LogP contribution in [-0.4, -0.2) is 27.2 Å². The number of hydrogen-bond donors (Lipinski definition) is 2. The third-order valence-corrected chi connectivity index (χ3v) is 3.67. The first-order chi connectivity index (χ1) is 8.87. The van der Waals surface area contributed by atoms with Crippen LogP contribution in [0, 0.1) is 18.8 Å². The largest absolute Gasteiger partial charge is 0.396 e. The molecule has 0 amide bonds. The Bertz CT molecular complexity index is 579. The molecule has 1 aliphatic carbocycles. The number of aliphatic hydroxyl groups is 1. The highest BCUT2D eigenvalue weighted by Gasteiger charge is 2.66. The molecule has 0 spiro atoms. The van der Waals surface area contributed by atoms with Gasteiger partial charge in [-0.2, -0.15) is 0 Å². The van der Waals surface area contributed by atoms with Gasteiger partial charge in [0, 0.05) is 24.2 Å². The van der Waals surface area contributed by atoms with Gasteiger partial charge in [0.1, 0.15) is 0 Å². The van der Waals surface area contributed by atoms with Crippen LogP contribution in [0.3, 0.4) is 0 Å². The van der Waals surface area contributed by atoms with Crippen molar-refractivity contribution in [2.75, 3.05) is 6.61 Å². The highest BCUT2D eigenvalue weighted by atomic mass is 19.3. The molecule has 2 N–H and O–H groups in total. The van der Waals surface area contributed by atoms with E-state index in [4.69, 9.17) is 5.11 Å².